The van der Waals surface area contributed by atoms with Crippen LogP contribution in [0.2, 0.25) is 0 Å². The molecule has 2 N–H and O–H groups in total. The molecule has 0 fully saturated rings. The van der Waals surface area contributed by atoms with E-state index < -0.39 is 0 Å². The lowest BCUT2D eigenvalue weighted by Gasteiger charge is -2.04. The van der Waals surface area contributed by atoms with Crippen molar-refractivity contribution in [3.63, 3.8) is 0 Å². The molecule has 1 aromatic rings. The Morgan fingerprint density at radius 3 is 2.41 bits per heavy atom. The van der Waals surface area contributed by atoms with Crippen molar-refractivity contribution in [1.29, 1.82) is 0 Å². The molecule has 5 heteroatoms. The molecule has 1 aromatic carbocycles. The van der Waals surface area contributed by atoms with E-state index in [0.717, 1.165) is 5.56 Å². The Labute approximate surface area is 112 Å². The number of benzene rings is 1. The summed E-state index contributed by atoms with van der Waals surface area (Å²) in [5.74, 6) is -0.439. The number of imide groups is 1. The first kappa shape index (κ1) is 12.1. The van der Waals surface area contributed by atoms with Crippen molar-refractivity contribution in [1.82, 2.24) is 5.32 Å². The number of carbonyl (C=O) groups is 2. The van der Waals surface area contributed by atoms with Gasteiger partial charge in [-0.25, -0.2) is 0 Å². The first-order valence-corrected chi connectivity index (χ1v) is 6.18. The van der Waals surface area contributed by atoms with Crippen molar-refractivity contribution < 1.29 is 14.7 Å². The van der Waals surface area contributed by atoms with Gasteiger partial charge in [0.15, 0.2) is 0 Å². The van der Waals surface area contributed by atoms with Crippen LogP contribution < -0.4 is 5.32 Å². The number of aryl methyl sites for hydroxylation is 1. The van der Waals surface area contributed by atoms with Crippen LogP contribution in [0.15, 0.2) is 33.4 Å². The van der Waals surface area contributed by atoms with E-state index in [-0.39, 0.29) is 17.6 Å². The standard InChI is InChI=1S/C12H10INO3/c13-10-8(11(16)14-12(10)17)6-5-7-3-1-2-4-9(7)15/h1-4,15H,5-6H2,(H,14,16,17). The minimum Gasteiger partial charge on any atom is -0.508 e. The zero-order chi connectivity index (χ0) is 12.4. The van der Waals surface area contributed by atoms with E-state index in [1.165, 1.54) is 0 Å². The Morgan fingerprint density at radius 2 is 1.82 bits per heavy atom. The molecular formula is C12H10INO3. The number of nitrogens with one attached hydrogen (secondary N) is 1. The van der Waals surface area contributed by atoms with Gasteiger partial charge in [-0.05, 0) is 47.1 Å². The molecule has 88 valence electrons. The van der Waals surface area contributed by atoms with Crippen molar-refractivity contribution in [2.24, 2.45) is 0 Å². The molecule has 1 aliphatic heterocycles. The zero-order valence-electron chi connectivity index (χ0n) is 8.87. The molecule has 1 aliphatic rings. The minimum absolute atomic E-state index is 0.216. The smallest absolute Gasteiger partial charge is 0.264 e. The summed E-state index contributed by atoms with van der Waals surface area (Å²) in [4.78, 5) is 22.7. The molecule has 4 nitrogen and oxygen atoms in total. The molecule has 0 saturated heterocycles. The summed E-state index contributed by atoms with van der Waals surface area (Å²) in [6.45, 7) is 0. The third-order valence-electron chi connectivity index (χ3n) is 2.60. The Morgan fingerprint density at radius 1 is 1.12 bits per heavy atom. The van der Waals surface area contributed by atoms with Gasteiger partial charge in [0.25, 0.3) is 11.8 Å². The average molecular weight is 343 g/mol. The Kier molecular flexibility index (Phi) is 3.46. The van der Waals surface area contributed by atoms with Crippen LogP contribution in [0, 0.1) is 0 Å². The highest BCUT2D eigenvalue weighted by Gasteiger charge is 2.27. The summed E-state index contributed by atoms with van der Waals surface area (Å²) in [6.07, 6.45) is 0.989. The minimum atomic E-state index is -0.331. The van der Waals surface area contributed by atoms with Gasteiger partial charge in [-0.15, -0.1) is 0 Å². The number of hydrogen-bond acceptors (Lipinski definition) is 3. The van der Waals surface area contributed by atoms with E-state index in [1.807, 2.05) is 28.7 Å². The van der Waals surface area contributed by atoms with Gasteiger partial charge in [-0.3, -0.25) is 14.9 Å². The number of carbonyl (C=O) groups excluding carboxylic acids is 2. The predicted octanol–water partition coefficient (Wildman–Crippen LogP) is 1.67. The molecule has 0 aliphatic carbocycles. The van der Waals surface area contributed by atoms with Crippen LogP contribution in [0.3, 0.4) is 0 Å². The molecule has 17 heavy (non-hydrogen) atoms. The monoisotopic (exact) mass is 343 g/mol. The summed E-state index contributed by atoms with van der Waals surface area (Å²) in [7, 11) is 0. The molecular weight excluding hydrogens is 333 g/mol. The quantitative estimate of drug-likeness (QED) is 0.648. The average Bonchev–Trinajstić information content (AvgIpc) is 2.53. The van der Waals surface area contributed by atoms with Gasteiger partial charge in [0.05, 0.1) is 3.58 Å². The van der Waals surface area contributed by atoms with E-state index in [2.05, 4.69) is 5.32 Å². The summed E-state index contributed by atoms with van der Waals surface area (Å²) in [5.41, 5.74) is 1.27. The molecule has 2 rings (SSSR count). The SMILES string of the molecule is O=C1NC(=O)C(CCc2ccccc2O)=C1I. The van der Waals surface area contributed by atoms with Crippen molar-refractivity contribution in [2.45, 2.75) is 12.8 Å². The van der Waals surface area contributed by atoms with Crippen LogP contribution in [0.1, 0.15) is 12.0 Å². The van der Waals surface area contributed by atoms with E-state index in [9.17, 15) is 14.7 Å². The molecule has 0 saturated carbocycles. The molecule has 0 unspecified atom stereocenters. The highest BCUT2D eigenvalue weighted by atomic mass is 127. The fourth-order valence-corrected chi connectivity index (χ4v) is 2.32. The maximum Gasteiger partial charge on any atom is 0.264 e. The fourth-order valence-electron chi connectivity index (χ4n) is 1.68. The van der Waals surface area contributed by atoms with Gasteiger partial charge in [-0.2, -0.15) is 0 Å². The van der Waals surface area contributed by atoms with Crippen LogP contribution in [0.25, 0.3) is 0 Å². The van der Waals surface area contributed by atoms with Crippen LogP contribution in [0.4, 0.5) is 0 Å². The Hall–Kier alpha value is -1.37. The first-order chi connectivity index (χ1) is 8.09. The molecule has 0 radical (unpaired) electrons. The van der Waals surface area contributed by atoms with Gasteiger partial charge in [-0.1, -0.05) is 18.2 Å². The van der Waals surface area contributed by atoms with E-state index >= 15 is 0 Å². The van der Waals surface area contributed by atoms with Gasteiger partial charge in [0, 0.05) is 5.57 Å². The van der Waals surface area contributed by atoms with Crippen LogP contribution in [0.5, 0.6) is 5.75 Å². The number of amides is 2. The molecule has 0 atom stereocenters. The molecule has 0 spiro atoms. The summed E-state index contributed by atoms with van der Waals surface area (Å²) in [5, 5.41) is 11.8. The molecule has 1 heterocycles. The van der Waals surface area contributed by atoms with Crippen LogP contribution in [-0.2, 0) is 16.0 Å². The highest BCUT2D eigenvalue weighted by molar-refractivity contribution is 14.1. The second-order valence-corrected chi connectivity index (χ2v) is 4.78. The third kappa shape index (κ3) is 2.49. The zero-order valence-corrected chi connectivity index (χ0v) is 11.0. The van der Waals surface area contributed by atoms with Crippen molar-refractivity contribution >= 4 is 34.4 Å². The normalized spacial score (nSPS) is 15.4. The van der Waals surface area contributed by atoms with Crippen molar-refractivity contribution in [2.75, 3.05) is 0 Å². The number of aromatic hydroxyl groups is 1. The topological polar surface area (TPSA) is 66.4 Å². The Balaban J connectivity index is 2.12. The number of halogens is 1. The summed E-state index contributed by atoms with van der Waals surface area (Å²) < 4.78 is 0.447. The van der Waals surface area contributed by atoms with Gasteiger partial charge >= 0.3 is 0 Å². The lowest BCUT2D eigenvalue weighted by Crippen LogP contribution is -2.22. The second-order valence-electron chi connectivity index (χ2n) is 3.70. The van der Waals surface area contributed by atoms with E-state index in [4.69, 9.17) is 0 Å². The van der Waals surface area contributed by atoms with Crippen LogP contribution in [-0.4, -0.2) is 16.9 Å². The molecule has 0 bridgehead atoms. The maximum atomic E-state index is 11.4. The van der Waals surface area contributed by atoms with E-state index in [1.54, 1.807) is 18.2 Å². The number of phenolic OH excluding ortho intramolecular Hbond substituents is 1. The largest absolute Gasteiger partial charge is 0.508 e. The summed E-state index contributed by atoms with van der Waals surface area (Å²) >= 11 is 1.87. The number of rotatable bonds is 3. The molecule has 2 amide bonds. The van der Waals surface area contributed by atoms with E-state index in [0.29, 0.717) is 22.0 Å². The fraction of sp³-hybridized carbons (Fsp3) is 0.167. The first-order valence-electron chi connectivity index (χ1n) is 5.11. The molecule has 0 aromatic heterocycles. The van der Waals surface area contributed by atoms with Gasteiger partial charge in [0.2, 0.25) is 0 Å². The number of para-hydroxylation sites is 1. The number of hydrogen-bond donors (Lipinski definition) is 2. The van der Waals surface area contributed by atoms with Crippen molar-refractivity contribution in [3.8, 4) is 5.75 Å². The Bertz CT molecular complexity index is 522. The van der Waals surface area contributed by atoms with Gasteiger partial charge in [0.1, 0.15) is 5.75 Å². The second kappa shape index (κ2) is 4.87. The summed E-state index contributed by atoms with van der Waals surface area (Å²) in [6, 6.07) is 6.98. The maximum absolute atomic E-state index is 11.4. The predicted molar refractivity (Wildman–Crippen MR) is 70.6 cm³/mol. The lowest BCUT2D eigenvalue weighted by atomic mass is 10.0. The van der Waals surface area contributed by atoms with Crippen LogP contribution >= 0.6 is 22.6 Å². The highest BCUT2D eigenvalue weighted by Crippen LogP contribution is 2.25. The third-order valence-corrected chi connectivity index (χ3v) is 3.74. The van der Waals surface area contributed by atoms with Gasteiger partial charge < -0.3 is 5.11 Å². The number of phenols is 1. The lowest BCUT2D eigenvalue weighted by molar-refractivity contribution is -0.123. The van der Waals surface area contributed by atoms with Crippen molar-refractivity contribution in [3.05, 3.63) is 39.0 Å².